The second kappa shape index (κ2) is 8.03. The molecule has 5 nitrogen and oxygen atoms in total. The molecule has 0 aromatic heterocycles. The van der Waals surface area contributed by atoms with Gasteiger partial charge in [-0.05, 0) is 49.2 Å². The predicted octanol–water partition coefficient (Wildman–Crippen LogP) is 5.81. The number of halogens is 1. The first-order valence-corrected chi connectivity index (χ1v) is 11.1. The van der Waals surface area contributed by atoms with Gasteiger partial charge in [-0.2, -0.15) is 5.10 Å². The van der Waals surface area contributed by atoms with E-state index in [9.17, 15) is 0 Å². The molecule has 0 spiro atoms. The zero-order valence-electron chi connectivity index (χ0n) is 17.4. The molecule has 0 saturated heterocycles. The van der Waals surface area contributed by atoms with E-state index in [4.69, 9.17) is 30.9 Å². The minimum Gasteiger partial charge on any atom is -0.493 e. The largest absolute Gasteiger partial charge is 0.493 e. The molecule has 1 aliphatic carbocycles. The van der Waals surface area contributed by atoms with Gasteiger partial charge in [0, 0.05) is 28.5 Å². The third kappa shape index (κ3) is 3.39. The smallest absolute Gasteiger partial charge is 0.190 e. The van der Waals surface area contributed by atoms with E-state index >= 15 is 0 Å². The molecule has 2 aromatic rings. The van der Waals surface area contributed by atoms with Gasteiger partial charge in [-0.1, -0.05) is 30.9 Å². The number of hydrazone groups is 1. The second-order valence-corrected chi connectivity index (χ2v) is 8.74. The Kier molecular flexibility index (Phi) is 5.23. The van der Waals surface area contributed by atoms with Crippen molar-refractivity contribution in [3.05, 3.63) is 52.5 Å². The summed E-state index contributed by atoms with van der Waals surface area (Å²) in [5.41, 5.74) is 3.21. The number of ether oxygens (including phenoxy) is 3. The van der Waals surface area contributed by atoms with E-state index in [1.54, 1.807) is 14.2 Å². The van der Waals surface area contributed by atoms with Crippen molar-refractivity contribution in [1.82, 2.24) is 5.01 Å². The lowest BCUT2D eigenvalue weighted by molar-refractivity contribution is -0.0643. The maximum atomic E-state index is 6.52. The van der Waals surface area contributed by atoms with Crippen LogP contribution in [0.25, 0.3) is 0 Å². The molecule has 1 fully saturated rings. The molecular weight excluding hydrogens is 400 g/mol. The van der Waals surface area contributed by atoms with Gasteiger partial charge in [0.15, 0.2) is 17.7 Å². The molecule has 2 atom stereocenters. The van der Waals surface area contributed by atoms with E-state index in [1.807, 2.05) is 36.4 Å². The normalized spacial score (nSPS) is 23.3. The van der Waals surface area contributed by atoms with Gasteiger partial charge < -0.3 is 14.2 Å². The van der Waals surface area contributed by atoms with Gasteiger partial charge in [-0.15, -0.1) is 0 Å². The van der Waals surface area contributed by atoms with Crippen molar-refractivity contribution in [2.75, 3.05) is 14.2 Å². The van der Waals surface area contributed by atoms with Gasteiger partial charge in [0.1, 0.15) is 5.75 Å². The quantitative estimate of drug-likeness (QED) is 0.619. The number of rotatable bonds is 4. The molecule has 6 heteroatoms. The minimum absolute atomic E-state index is 0.0263. The van der Waals surface area contributed by atoms with Crippen LogP contribution in [0.3, 0.4) is 0 Å². The van der Waals surface area contributed by atoms with Crippen LogP contribution in [0.15, 0.2) is 41.5 Å². The molecule has 1 saturated carbocycles. The molecular formula is C24H27ClN2O3. The first-order chi connectivity index (χ1) is 14.7. The summed E-state index contributed by atoms with van der Waals surface area (Å²) in [6.45, 7) is 0. The van der Waals surface area contributed by atoms with Gasteiger partial charge in [-0.3, -0.25) is 0 Å². The molecule has 0 N–H and O–H groups in total. The highest BCUT2D eigenvalue weighted by molar-refractivity contribution is 6.30. The topological polar surface area (TPSA) is 43.3 Å². The van der Waals surface area contributed by atoms with Gasteiger partial charge in [0.05, 0.1) is 26.0 Å². The lowest BCUT2D eigenvalue weighted by Gasteiger charge is -2.42. The molecule has 30 heavy (non-hydrogen) atoms. The van der Waals surface area contributed by atoms with Crippen LogP contribution >= 0.6 is 11.6 Å². The molecule has 158 valence electrons. The number of hydrogen-bond donors (Lipinski definition) is 0. The summed E-state index contributed by atoms with van der Waals surface area (Å²) in [5, 5.41) is 8.01. The molecule has 0 radical (unpaired) electrons. The van der Waals surface area contributed by atoms with E-state index in [0.29, 0.717) is 11.7 Å². The Morgan fingerprint density at radius 2 is 1.80 bits per heavy atom. The fourth-order valence-corrected chi connectivity index (χ4v) is 5.19. The Bertz CT molecular complexity index is 971. The monoisotopic (exact) mass is 426 g/mol. The van der Waals surface area contributed by atoms with Crippen molar-refractivity contribution in [2.45, 2.75) is 50.8 Å². The highest BCUT2D eigenvalue weighted by Gasteiger charge is 2.43. The van der Waals surface area contributed by atoms with E-state index in [2.05, 4.69) is 5.01 Å². The van der Waals surface area contributed by atoms with E-state index in [-0.39, 0.29) is 12.3 Å². The van der Waals surface area contributed by atoms with Crippen molar-refractivity contribution >= 4 is 17.3 Å². The molecule has 0 bridgehead atoms. The minimum atomic E-state index is -0.0263. The number of hydrogen-bond acceptors (Lipinski definition) is 5. The molecule has 2 heterocycles. The highest BCUT2D eigenvalue weighted by atomic mass is 35.5. The van der Waals surface area contributed by atoms with E-state index in [0.717, 1.165) is 39.8 Å². The van der Waals surface area contributed by atoms with Crippen molar-refractivity contribution < 1.29 is 14.2 Å². The number of benzene rings is 2. The fraction of sp³-hybridized carbons (Fsp3) is 0.458. The van der Waals surface area contributed by atoms with Crippen LogP contribution < -0.4 is 14.2 Å². The van der Waals surface area contributed by atoms with Crippen LogP contribution in [0.1, 0.15) is 55.7 Å². The van der Waals surface area contributed by atoms with Gasteiger partial charge >= 0.3 is 0 Å². The SMILES string of the molecule is COc1ccc(C2=NN3C(C2)c2cc(Cl)ccc2OC3C2CCCCC2)cc1OC. The Morgan fingerprint density at radius 3 is 2.57 bits per heavy atom. The van der Waals surface area contributed by atoms with Crippen LogP contribution in [-0.4, -0.2) is 31.2 Å². The van der Waals surface area contributed by atoms with E-state index in [1.165, 1.54) is 32.1 Å². The summed E-state index contributed by atoms with van der Waals surface area (Å²) in [6, 6.07) is 12.1. The Balaban J connectivity index is 1.53. The van der Waals surface area contributed by atoms with Gasteiger partial charge in [-0.25, -0.2) is 5.01 Å². The summed E-state index contributed by atoms with van der Waals surface area (Å²) in [4.78, 5) is 0. The zero-order valence-corrected chi connectivity index (χ0v) is 18.2. The average Bonchev–Trinajstić information content (AvgIpc) is 3.24. The van der Waals surface area contributed by atoms with Crippen molar-refractivity contribution in [1.29, 1.82) is 0 Å². The Labute approximate surface area is 182 Å². The van der Waals surface area contributed by atoms with Crippen LogP contribution in [0.5, 0.6) is 17.2 Å². The second-order valence-electron chi connectivity index (χ2n) is 8.31. The van der Waals surface area contributed by atoms with Crippen LogP contribution in [-0.2, 0) is 0 Å². The first-order valence-electron chi connectivity index (χ1n) is 10.7. The molecule has 2 unspecified atom stereocenters. The number of methoxy groups -OCH3 is 2. The first kappa shape index (κ1) is 19.6. The molecule has 2 aromatic carbocycles. The van der Waals surface area contributed by atoms with Crippen molar-refractivity contribution in [3.63, 3.8) is 0 Å². The Hall–Kier alpha value is -2.40. The number of fused-ring (bicyclic) bond motifs is 3. The predicted molar refractivity (Wildman–Crippen MR) is 118 cm³/mol. The van der Waals surface area contributed by atoms with Crippen molar-refractivity contribution in [2.24, 2.45) is 11.0 Å². The summed E-state index contributed by atoms with van der Waals surface area (Å²) in [5.74, 6) is 2.88. The van der Waals surface area contributed by atoms with Gasteiger partial charge in [0.2, 0.25) is 0 Å². The molecule has 5 rings (SSSR count). The molecule has 0 amide bonds. The van der Waals surface area contributed by atoms with E-state index < -0.39 is 0 Å². The fourth-order valence-electron chi connectivity index (χ4n) is 5.01. The zero-order chi connectivity index (χ0) is 20.7. The third-order valence-corrected chi connectivity index (χ3v) is 6.79. The summed E-state index contributed by atoms with van der Waals surface area (Å²) in [6.07, 6.45) is 7.03. The standard InChI is InChI=1S/C24H27ClN2O3/c1-28-22-10-8-16(12-23(22)29-2)19-14-20-18-13-17(25)9-11-21(18)30-24(27(20)26-19)15-6-4-3-5-7-15/h8-13,15,20,24H,3-7,14H2,1-2H3. The third-order valence-electron chi connectivity index (χ3n) is 6.55. The summed E-state index contributed by atoms with van der Waals surface area (Å²) in [7, 11) is 3.31. The average molecular weight is 427 g/mol. The lowest BCUT2D eigenvalue weighted by atomic mass is 9.86. The van der Waals surface area contributed by atoms with Crippen LogP contribution in [0.2, 0.25) is 5.02 Å². The van der Waals surface area contributed by atoms with Crippen LogP contribution in [0.4, 0.5) is 0 Å². The number of nitrogens with zero attached hydrogens (tertiary/aromatic N) is 2. The van der Waals surface area contributed by atoms with Crippen LogP contribution in [0, 0.1) is 5.92 Å². The molecule has 3 aliphatic rings. The molecule has 2 aliphatic heterocycles. The summed E-state index contributed by atoms with van der Waals surface area (Å²) >= 11 is 6.34. The summed E-state index contributed by atoms with van der Waals surface area (Å²) < 4.78 is 17.4. The highest BCUT2D eigenvalue weighted by Crippen LogP contribution is 2.47. The van der Waals surface area contributed by atoms with Crippen molar-refractivity contribution in [3.8, 4) is 17.2 Å². The maximum Gasteiger partial charge on any atom is 0.190 e. The lowest BCUT2D eigenvalue weighted by Crippen LogP contribution is -2.45. The maximum absolute atomic E-state index is 6.52. The Morgan fingerprint density at radius 1 is 1.00 bits per heavy atom. The van der Waals surface area contributed by atoms with Gasteiger partial charge in [0.25, 0.3) is 0 Å².